The summed E-state index contributed by atoms with van der Waals surface area (Å²) < 4.78 is 11.8. The molecule has 4 heterocycles. The van der Waals surface area contributed by atoms with Gasteiger partial charge in [0.1, 0.15) is 5.56 Å². The van der Waals surface area contributed by atoms with Crippen LogP contribution >= 0.6 is 11.3 Å². The molecule has 0 atom stereocenters. The van der Waals surface area contributed by atoms with Gasteiger partial charge >= 0.3 is 0 Å². The first-order valence-corrected chi connectivity index (χ1v) is 9.07. The summed E-state index contributed by atoms with van der Waals surface area (Å²) in [4.78, 5) is 32.1. The molecular formula is C17H17N5O4S. The van der Waals surface area contributed by atoms with Gasteiger partial charge in [0, 0.05) is 31.1 Å². The molecule has 2 amide bonds. The molecule has 0 radical (unpaired) electrons. The number of hydrogen-bond acceptors (Lipinski definition) is 7. The predicted molar refractivity (Wildman–Crippen MR) is 97.0 cm³/mol. The van der Waals surface area contributed by atoms with E-state index in [4.69, 9.17) is 9.15 Å². The zero-order valence-corrected chi connectivity index (χ0v) is 15.6. The zero-order chi connectivity index (χ0) is 19.0. The number of anilines is 1. The Bertz CT molecular complexity index is 991. The van der Waals surface area contributed by atoms with Crippen molar-refractivity contribution in [3.63, 3.8) is 0 Å². The highest BCUT2D eigenvalue weighted by molar-refractivity contribution is 7.15. The normalized spacial score (nSPS) is 13.3. The number of hydrogen-bond donors (Lipinski definition) is 1. The van der Waals surface area contributed by atoms with E-state index in [1.165, 1.54) is 24.7 Å². The Kier molecular flexibility index (Phi) is 4.40. The minimum Gasteiger partial charge on any atom is -0.479 e. The molecule has 0 spiro atoms. The van der Waals surface area contributed by atoms with Gasteiger partial charge in [0.2, 0.25) is 5.88 Å². The van der Waals surface area contributed by atoms with Crippen molar-refractivity contribution >= 4 is 28.3 Å². The van der Waals surface area contributed by atoms with Crippen LogP contribution < -0.4 is 10.1 Å². The van der Waals surface area contributed by atoms with Crippen LogP contribution in [0.4, 0.5) is 5.13 Å². The lowest BCUT2D eigenvalue weighted by Gasteiger charge is -2.25. The summed E-state index contributed by atoms with van der Waals surface area (Å²) in [6, 6.07) is 3.24. The maximum absolute atomic E-state index is 12.8. The van der Waals surface area contributed by atoms with Gasteiger partial charge in [-0.25, -0.2) is 4.98 Å². The average Bonchev–Trinajstić information content (AvgIpc) is 3.39. The fraction of sp³-hybridized carbons (Fsp3) is 0.294. The van der Waals surface area contributed by atoms with Crippen molar-refractivity contribution in [2.45, 2.75) is 13.0 Å². The molecule has 27 heavy (non-hydrogen) atoms. The molecule has 4 rings (SSSR count). The number of amides is 2. The number of aromatic nitrogens is 3. The second-order valence-corrected chi connectivity index (χ2v) is 7.11. The van der Waals surface area contributed by atoms with Crippen LogP contribution in [0.5, 0.6) is 5.88 Å². The summed E-state index contributed by atoms with van der Waals surface area (Å²) in [6.07, 6.45) is 3.72. The smallest absolute Gasteiger partial charge is 0.293 e. The second kappa shape index (κ2) is 6.88. The fourth-order valence-electron chi connectivity index (χ4n) is 2.92. The Balaban J connectivity index is 1.49. The fourth-order valence-corrected chi connectivity index (χ4v) is 3.94. The van der Waals surface area contributed by atoms with Gasteiger partial charge in [-0.05, 0) is 12.1 Å². The minimum absolute atomic E-state index is 0.139. The maximum Gasteiger partial charge on any atom is 0.293 e. The molecule has 3 aromatic rings. The van der Waals surface area contributed by atoms with Crippen LogP contribution in [-0.4, -0.2) is 45.1 Å². The van der Waals surface area contributed by atoms with Crippen molar-refractivity contribution in [1.29, 1.82) is 0 Å². The second-order valence-electron chi connectivity index (χ2n) is 6.02. The Hall–Kier alpha value is -3.14. The first kappa shape index (κ1) is 17.3. The van der Waals surface area contributed by atoms with Gasteiger partial charge in [-0.15, -0.1) is 5.10 Å². The van der Waals surface area contributed by atoms with Crippen molar-refractivity contribution in [2.75, 3.05) is 19.0 Å². The third-order valence-electron chi connectivity index (χ3n) is 4.20. The molecule has 1 N–H and O–H groups in total. The molecule has 0 saturated carbocycles. The number of nitrogens with zero attached hydrogens (tertiary/aromatic N) is 4. The van der Waals surface area contributed by atoms with Crippen LogP contribution in [0.25, 0.3) is 0 Å². The molecule has 0 aliphatic carbocycles. The third kappa shape index (κ3) is 3.31. The summed E-state index contributed by atoms with van der Waals surface area (Å²) in [5, 5.41) is 7.36. The molecule has 140 valence electrons. The van der Waals surface area contributed by atoms with E-state index >= 15 is 0 Å². The topological polar surface area (TPSA) is 102 Å². The van der Waals surface area contributed by atoms with Gasteiger partial charge in [-0.2, -0.15) is 0 Å². The first-order valence-electron chi connectivity index (χ1n) is 8.25. The summed E-state index contributed by atoms with van der Waals surface area (Å²) in [7, 11) is 3.23. The van der Waals surface area contributed by atoms with E-state index in [0.717, 1.165) is 10.6 Å². The van der Waals surface area contributed by atoms with Crippen LogP contribution in [0.1, 0.15) is 31.5 Å². The Morgan fingerprint density at radius 2 is 2.26 bits per heavy atom. The monoisotopic (exact) mass is 387 g/mol. The third-order valence-corrected chi connectivity index (χ3v) is 5.20. The summed E-state index contributed by atoms with van der Waals surface area (Å²) in [6.45, 7) is 0.972. The van der Waals surface area contributed by atoms with Crippen molar-refractivity contribution in [2.24, 2.45) is 7.05 Å². The van der Waals surface area contributed by atoms with E-state index in [1.54, 1.807) is 35.0 Å². The van der Waals surface area contributed by atoms with E-state index in [0.29, 0.717) is 36.1 Å². The Morgan fingerprint density at radius 3 is 3.00 bits per heavy atom. The molecule has 0 fully saturated rings. The number of aryl methyl sites for hydroxylation is 1. The number of carbonyl (C=O) groups is 2. The first-order chi connectivity index (χ1) is 13.0. The number of ether oxygens (including phenoxy) is 1. The standard InChI is InChI=1S/C17H17N5O4S/c1-21-8-10(15(20-21)25-2)16(24)22-6-5-11-13(9-22)27-17(18-11)19-14(23)12-4-3-7-26-12/h3-4,7-8H,5-6,9H2,1-2H3,(H,18,19,23). The molecule has 0 unspecified atom stereocenters. The number of nitrogens with one attached hydrogen (secondary N) is 1. The number of rotatable bonds is 4. The van der Waals surface area contributed by atoms with Crippen LogP contribution in [0.15, 0.2) is 29.0 Å². The van der Waals surface area contributed by atoms with Crippen LogP contribution in [0.2, 0.25) is 0 Å². The van der Waals surface area contributed by atoms with Gasteiger partial charge in [0.05, 0.1) is 25.6 Å². The van der Waals surface area contributed by atoms with Crippen LogP contribution in [-0.2, 0) is 20.0 Å². The van der Waals surface area contributed by atoms with Gasteiger partial charge < -0.3 is 14.1 Å². The van der Waals surface area contributed by atoms with E-state index < -0.39 is 0 Å². The highest BCUT2D eigenvalue weighted by Crippen LogP contribution is 2.30. The predicted octanol–water partition coefficient (Wildman–Crippen LogP) is 1.93. The van der Waals surface area contributed by atoms with Crippen molar-refractivity contribution in [1.82, 2.24) is 19.7 Å². The SMILES string of the molecule is COc1nn(C)cc1C(=O)N1CCc2nc(NC(=O)c3ccco3)sc2C1. The number of methoxy groups -OCH3 is 1. The molecule has 0 bridgehead atoms. The Morgan fingerprint density at radius 1 is 1.41 bits per heavy atom. The lowest BCUT2D eigenvalue weighted by molar-refractivity contribution is 0.0732. The van der Waals surface area contributed by atoms with Gasteiger partial charge in [-0.3, -0.25) is 19.6 Å². The largest absolute Gasteiger partial charge is 0.479 e. The average molecular weight is 387 g/mol. The highest BCUT2D eigenvalue weighted by Gasteiger charge is 2.28. The van der Waals surface area contributed by atoms with E-state index in [-0.39, 0.29) is 17.6 Å². The van der Waals surface area contributed by atoms with Crippen molar-refractivity contribution in [3.05, 3.63) is 46.5 Å². The van der Waals surface area contributed by atoms with Crippen LogP contribution in [0, 0.1) is 0 Å². The molecule has 10 heteroatoms. The Labute approximate surface area is 158 Å². The molecular weight excluding hydrogens is 370 g/mol. The number of fused-ring (bicyclic) bond motifs is 1. The zero-order valence-electron chi connectivity index (χ0n) is 14.8. The molecule has 1 aliphatic rings. The van der Waals surface area contributed by atoms with E-state index in [9.17, 15) is 9.59 Å². The van der Waals surface area contributed by atoms with Gasteiger partial charge in [0.15, 0.2) is 10.9 Å². The van der Waals surface area contributed by atoms with Crippen molar-refractivity contribution < 1.29 is 18.7 Å². The minimum atomic E-state index is -0.348. The van der Waals surface area contributed by atoms with Crippen LogP contribution in [0.3, 0.4) is 0 Å². The lowest BCUT2D eigenvalue weighted by Crippen LogP contribution is -2.35. The maximum atomic E-state index is 12.8. The molecule has 3 aromatic heterocycles. The number of carbonyl (C=O) groups excluding carboxylic acids is 2. The molecule has 9 nitrogen and oxygen atoms in total. The van der Waals surface area contributed by atoms with E-state index in [1.807, 2.05) is 0 Å². The number of furan rings is 1. The quantitative estimate of drug-likeness (QED) is 0.734. The van der Waals surface area contributed by atoms with E-state index in [2.05, 4.69) is 15.4 Å². The van der Waals surface area contributed by atoms with Crippen molar-refractivity contribution in [3.8, 4) is 5.88 Å². The summed E-state index contributed by atoms with van der Waals surface area (Å²) in [5.41, 5.74) is 1.33. The summed E-state index contributed by atoms with van der Waals surface area (Å²) in [5.74, 6) is 0.0481. The highest BCUT2D eigenvalue weighted by atomic mass is 32.1. The van der Waals surface area contributed by atoms with Gasteiger partial charge in [-0.1, -0.05) is 11.3 Å². The van der Waals surface area contributed by atoms with Gasteiger partial charge in [0.25, 0.3) is 11.8 Å². The molecule has 0 aromatic carbocycles. The summed E-state index contributed by atoms with van der Waals surface area (Å²) >= 11 is 1.36. The molecule has 1 aliphatic heterocycles. The number of thiazole rings is 1. The molecule has 0 saturated heterocycles. The lowest BCUT2D eigenvalue weighted by atomic mass is 10.1.